The molecule has 0 aliphatic heterocycles. The predicted octanol–water partition coefficient (Wildman–Crippen LogP) is 2.99. The number of carbonyl (C=O) groups excluding carboxylic acids is 1. The summed E-state index contributed by atoms with van der Waals surface area (Å²) in [6, 6.07) is 10.9. The Kier molecular flexibility index (Phi) is 3.91. The maximum Gasteiger partial charge on any atom is 0.322 e. The molecule has 0 saturated heterocycles. The average molecular weight is 392 g/mol. The fourth-order valence-corrected chi connectivity index (χ4v) is 2.32. The van der Waals surface area contributed by atoms with Crippen molar-refractivity contribution in [2.75, 3.05) is 5.32 Å². The summed E-state index contributed by atoms with van der Waals surface area (Å²) in [5.41, 5.74) is 1.25. The number of pyridine rings is 1. The zero-order chi connectivity index (χ0) is 14.7. The van der Waals surface area contributed by atoms with Gasteiger partial charge in [0, 0.05) is 16.0 Å². The number of carbonyl (C=O) groups is 1. The normalized spacial score (nSPS) is 10.3. The van der Waals surface area contributed by atoms with Crippen LogP contribution in [0.3, 0.4) is 0 Å². The Morgan fingerprint density at radius 1 is 1.14 bits per heavy atom. The van der Waals surface area contributed by atoms with Crippen LogP contribution in [0.25, 0.3) is 11.5 Å². The predicted molar refractivity (Wildman–Crippen MR) is 84.6 cm³/mol. The van der Waals surface area contributed by atoms with Gasteiger partial charge in [0.25, 0.3) is 11.8 Å². The number of hydrogen-bond donors (Lipinski definition) is 1. The summed E-state index contributed by atoms with van der Waals surface area (Å²) in [5, 5.41) is 10.3. The molecule has 7 heteroatoms. The van der Waals surface area contributed by atoms with E-state index in [1.54, 1.807) is 36.7 Å². The minimum absolute atomic E-state index is 0.0542. The number of anilines is 1. The molecule has 3 rings (SSSR count). The minimum atomic E-state index is -0.290. The van der Waals surface area contributed by atoms with Gasteiger partial charge in [0.1, 0.15) is 0 Å². The van der Waals surface area contributed by atoms with Gasteiger partial charge in [0.2, 0.25) is 0 Å². The first kappa shape index (κ1) is 13.7. The number of nitrogens with zero attached hydrogens (tertiary/aromatic N) is 3. The summed E-state index contributed by atoms with van der Waals surface area (Å²) in [6.45, 7) is 0. The van der Waals surface area contributed by atoms with Crippen LogP contribution in [0.5, 0.6) is 0 Å². The maximum atomic E-state index is 12.1. The second-order valence-electron chi connectivity index (χ2n) is 4.09. The minimum Gasteiger partial charge on any atom is -0.403 e. The second-order valence-corrected chi connectivity index (χ2v) is 5.25. The molecule has 0 bridgehead atoms. The third-order valence-electron chi connectivity index (χ3n) is 2.67. The van der Waals surface area contributed by atoms with Gasteiger partial charge in [-0.3, -0.25) is 15.1 Å². The van der Waals surface area contributed by atoms with E-state index >= 15 is 0 Å². The van der Waals surface area contributed by atoms with E-state index in [-0.39, 0.29) is 11.9 Å². The first-order valence-electron chi connectivity index (χ1n) is 6.04. The van der Waals surface area contributed by atoms with Gasteiger partial charge in [0.05, 0.1) is 11.1 Å². The molecule has 1 aromatic carbocycles. The molecule has 104 valence electrons. The van der Waals surface area contributed by atoms with E-state index in [1.165, 1.54) is 0 Å². The van der Waals surface area contributed by atoms with E-state index < -0.39 is 0 Å². The van der Waals surface area contributed by atoms with Crippen LogP contribution < -0.4 is 5.32 Å². The Morgan fingerprint density at radius 3 is 2.76 bits per heavy atom. The summed E-state index contributed by atoms with van der Waals surface area (Å²) in [5.74, 6) is 0.0162. The van der Waals surface area contributed by atoms with Crippen LogP contribution in [0, 0.1) is 3.57 Å². The highest BCUT2D eigenvalue weighted by atomic mass is 127. The topological polar surface area (TPSA) is 80.9 Å². The van der Waals surface area contributed by atoms with Crippen LogP contribution in [0.2, 0.25) is 0 Å². The summed E-state index contributed by atoms with van der Waals surface area (Å²) < 4.78 is 6.25. The van der Waals surface area contributed by atoms with Crippen molar-refractivity contribution in [1.29, 1.82) is 0 Å². The van der Waals surface area contributed by atoms with Crippen molar-refractivity contribution in [1.82, 2.24) is 15.2 Å². The van der Waals surface area contributed by atoms with Gasteiger partial charge < -0.3 is 4.42 Å². The Labute approximate surface area is 133 Å². The van der Waals surface area contributed by atoms with Gasteiger partial charge in [-0.1, -0.05) is 17.2 Å². The number of aromatic nitrogens is 3. The second kappa shape index (κ2) is 6.00. The zero-order valence-corrected chi connectivity index (χ0v) is 12.8. The molecule has 0 aliphatic rings. The smallest absolute Gasteiger partial charge is 0.322 e. The highest BCUT2D eigenvalue weighted by Crippen LogP contribution is 2.19. The molecule has 0 spiro atoms. The summed E-state index contributed by atoms with van der Waals surface area (Å²) in [4.78, 5) is 16.1. The third kappa shape index (κ3) is 3.07. The lowest BCUT2D eigenvalue weighted by molar-refractivity contribution is 0.102. The molecule has 0 unspecified atom stereocenters. The van der Waals surface area contributed by atoms with Crippen molar-refractivity contribution in [3.05, 3.63) is 57.9 Å². The SMILES string of the molecule is O=C(Nc1nnc(-c2cccnc2)o1)c1ccccc1I. The maximum absolute atomic E-state index is 12.1. The standard InChI is InChI=1S/C14H9IN4O2/c15-11-6-2-1-5-10(11)12(20)17-14-19-18-13(21-14)9-4-3-7-16-8-9/h1-8H,(H,17,19,20). The molecule has 1 amide bonds. The number of hydrogen-bond acceptors (Lipinski definition) is 5. The van der Waals surface area contributed by atoms with Crippen LogP contribution >= 0.6 is 22.6 Å². The Morgan fingerprint density at radius 2 is 2.00 bits per heavy atom. The lowest BCUT2D eigenvalue weighted by Crippen LogP contribution is -2.13. The van der Waals surface area contributed by atoms with Crippen molar-refractivity contribution >= 4 is 34.5 Å². The van der Waals surface area contributed by atoms with E-state index in [2.05, 4.69) is 43.1 Å². The van der Waals surface area contributed by atoms with Gasteiger partial charge in [-0.2, -0.15) is 0 Å². The molecule has 2 aromatic heterocycles. The van der Waals surface area contributed by atoms with Crippen molar-refractivity contribution in [2.45, 2.75) is 0 Å². The lowest BCUT2D eigenvalue weighted by Gasteiger charge is -2.02. The van der Waals surface area contributed by atoms with Crippen LogP contribution in [-0.4, -0.2) is 21.1 Å². The van der Waals surface area contributed by atoms with E-state index in [9.17, 15) is 4.79 Å². The lowest BCUT2D eigenvalue weighted by atomic mass is 10.2. The van der Waals surface area contributed by atoms with Crippen molar-refractivity contribution in [3.63, 3.8) is 0 Å². The quantitative estimate of drug-likeness (QED) is 0.694. The van der Waals surface area contributed by atoms with Gasteiger partial charge in [-0.05, 0) is 46.9 Å². The molecule has 1 N–H and O–H groups in total. The van der Waals surface area contributed by atoms with Gasteiger partial charge in [-0.15, -0.1) is 5.10 Å². The van der Waals surface area contributed by atoms with E-state index in [1.807, 2.05) is 12.1 Å². The Hall–Kier alpha value is -2.29. The molecule has 3 aromatic rings. The van der Waals surface area contributed by atoms with Gasteiger partial charge in [0.15, 0.2) is 0 Å². The number of rotatable bonds is 3. The first-order valence-corrected chi connectivity index (χ1v) is 7.12. The monoisotopic (exact) mass is 392 g/mol. The largest absolute Gasteiger partial charge is 0.403 e. The molecular weight excluding hydrogens is 383 g/mol. The fraction of sp³-hybridized carbons (Fsp3) is 0. The molecule has 2 heterocycles. The van der Waals surface area contributed by atoms with Crippen LogP contribution in [0.4, 0.5) is 6.01 Å². The van der Waals surface area contributed by atoms with Crippen molar-refractivity contribution in [3.8, 4) is 11.5 Å². The summed E-state index contributed by atoms with van der Waals surface area (Å²) in [7, 11) is 0. The number of amides is 1. The first-order chi connectivity index (χ1) is 10.2. The molecular formula is C14H9IN4O2. The highest BCUT2D eigenvalue weighted by molar-refractivity contribution is 14.1. The van der Waals surface area contributed by atoms with E-state index in [4.69, 9.17) is 4.42 Å². The molecule has 0 fully saturated rings. The number of benzene rings is 1. The van der Waals surface area contributed by atoms with Crippen LogP contribution in [-0.2, 0) is 0 Å². The third-order valence-corrected chi connectivity index (χ3v) is 3.61. The summed E-state index contributed by atoms with van der Waals surface area (Å²) in [6.07, 6.45) is 3.26. The molecule has 0 radical (unpaired) electrons. The van der Waals surface area contributed by atoms with Crippen molar-refractivity contribution < 1.29 is 9.21 Å². The molecule has 21 heavy (non-hydrogen) atoms. The summed E-state index contributed by atoms with van der Waals surface area (Å²) >= 11 is 2.10. The van der Waals surface area contributed by atoms with E-state index in [0.717, 1.165) is 3.57 Å². The molecule has 0 atom stereocenters. The fourth-order valence-electron chi connectivity index (χ4n) is 1.69. The molecule has 0 saturated carbocycles. The zero-order valence-electron chi connectivity index (χ0n) is 10.7. The Bertz CT molecular complexity index is 773. The van der Waals surface area contributed by atoms with Crippen molar-refractivity contribution in [2.24, 2.45) is 0 Å². The highest BCUT2D eigenvalue weighted by Gasteiger charge is 2.14. The molecule has 0 aliphatic carbocycles. The Balaban J connectivity index is 1.79. The average Bonchev–Trinajstić information content (AvgIpc) is 2.97. The van der Waals surface area contributed by atoms with Crippen LogP contribution in [0.1, 0.15) is 10.4 Å². The number of halogens is 1. The number of nitrogens with one attached hydrogen (secondary N) is 1. The van der Waals surface area contributed by atoms with E-state index in [0.29, 0.717) is 17.0 Å². The van der Waals surface area contributed by atoms with Crippen LogP contribution in [0.15, 0.2) is 53.2 Å². The van der Waals surface area contributed by atoms with Gasteiger partial charge >= 0.3 is 6.01 Å². The van der Waals surface area contributed by atoms with Gasteiger partial charge in [-0.25, -0.2) is 0 Å². The molecule has 6 nitrogen and oxygen atoms in total.